The fourth-order valence-electron chi connectivity index (χ4n) is 3.97. The summed E-state index contributed by atoms with van der Waals surface area (Å²) in [6.07, 6.45) is 5.54. The van der Waals surface area contributed by atoms with Crippen LogP contribution in [0.15, 0.2) is 106 Å². The molecule has 0 saturated heterocycles. The zero-order chi connectivity index (χ0) is 27.4. The predicted octanol–water partition coefficient (Wildman–Crippen LogP) is 5.66. The number of amides is 2. The van der Waals surface area contributed by atoms with Crippen molar-refractivity contribution in [1.29, 1.82) is 0 Å². The van der Waals surface area contributed by atoms with E-state index in [4.69, 9.17) is 4.42 Å². The minimum atomic E-state index is -0.440. The highest BCUT2D eigenvalue weighted by Crippen LogP contribution is 2.24. The lowest BCUT2D eigenvalue weighted by molar-refractivity contribution is -0.112. The van der Waals surface area contributed by atoms with Gasteiger partial charge in [-0.05, 0) is 60.7 Å². The Bertz CT molecular complexity index is 1720. The molecule has 192 valence electrons. The molecule has 0 unspecified atom stereocenters. The van der Waals surface area contributed by atoms with Crippen LogP contribution in [0, 0.1) is 0 Å². The Morgan fingerprint density at radius 2 is 1.08 bits per heavy atom. The lowest BCUT2D eigenvalue weighted by Crippen LogP contribution is -2.10. The van der Waals surface area contributed by atoms with Crippen LogP contribution in [0.5, 0.6) is 11.5 Å². The summed E-state index contributed by atoms with van der Waals surface area (Å²) in [6, 6.07) is 22.7. The van der Waals surface area contributed by atoms with Crippen LogP contribution in [-0.4, -0.2) is 22.0 Å². The second-order valence-electron chi connectivity index (χ2n) is 8.62. The molecule has 0 aliphatic carbocycles. The molecule has 1 heterocycles. The molecule has 0 aliphatic rings. The van der Waals surface area contributed by atoms with Crippen LogP contribution in [0.3, 0.4) is 0 Å². The number of rotatable bonds is 6. The van der Waals surface area contributed by atoms with Gasteiger partial charge in [-0.25, -0.2) is 0 Å². The average molecular weight is 519 g/mol. The quantitative estimate of drug-likeness (QED) is 0.170. The third kappa shape index (κ3) is 5.70. The Labute approximate surface area is 222 Å². The van der Waals surface area contributed by atoms with Crippen molar-refractivity contribution in [1.82, 2.24) is 0 Å². The Hall–Kier alpha value is -5.63. The summed E-state index contributed by atoms with van der Waals surface area (Å²) in [7, 11) is 0. The van der Waals surface area contributed by atoms with Gasteiger partial charge >= 0.3 is 0 Å². The van der Waals surface area contributed by atoms with Gasteiger partial charge in [-0.15, -0.1) is 0 Å². The summed E-state index contributed by atoms with van der Waals surface area (Å²) in [6.45, 7) is 0. The molecule has 0 aliphatic heterocycles. The highest BCUT2D eigenvalue weighted by Gasteiger charge is 2.11. The first-order valence-corrected chi connectivity index (χ1v) is 11.9. The van der Waals surface area contributed by atoms with E-state index in [0.717, 1.165) is 0 Å². The number of carbonyl (C=O) groups excluding carboxylic acids is 2. The topological polar surface area (TPSA) is 129 Å². The zero-order valence-corrected chi connectivity index (χ0v) is 20.4. The van der Waals surface area contributed by atoms with Crippen molar-refractivity contribution in [3.63, 3.8) is 0 Å². The molecule has 8 heteroatoms. The Balaban J connectivity index is 1.37. The van der Waals surface area contributed by atoms with Crippen LogP contribution >= 0.6 is 0 Å². The van der Waals surface area contributed by atoms with Crippen molar-refractivity contribution >= 4 is 57.3 Å². The summed E-state index contributed by atoms with van der Waals surface area (Å²) in [5.74, 6) is -0.771. The number of phenolic OH excluding ortho intramolecular Hbond substituents is 2. The molecule has 8 nitrogen and oxygen atoms in total. The molecule has 0 fully saturated rings. The van der Waals surface area contributed by atoms with Crippen LogP contribution in [0.25, 0.3) is 34.1 Å². The molecule has 5 aromatic rings. The maximum absolute atomic E-state index is 13.3. The van der Waals surface area contributed by atoms with Gasteiger partial charge in [-0.3, -0.25) is 14.4 Å². The molecular formula is C31H22N2O6. The summed E-state index contributed by atoms with van der Waals surface area (Å²) >= 11 is 0. The number of aromatic hydroxyl groups is 2. The van der Waals surface area contributed by atoms with Crippen molar-refractivity contribution in [3.05, 3.63) is 118 Å². The number of carbonyl (C=O) groups is 2. The number of benzene rings is 4. The maximum Gasteiger partial charge on any atom is 0.248 e. The number of anilines is 2. The highest BCUT2D eigenvalue weighted by molar-refractivity contribution is 6.05. The Kier molecular flexibility index (Phi) is 6.92. The molecular weight excluding hydrogens is 496 g/mol. The van der Waals surface area contributed by atoms with Crippen LogP contribution in [0.2, 0.25) is 0 Å². The summed E-state index contributed by atoms with van der Waals surface area (Å²) in [4.78, 5) is 38.1. The third-order valence-electron chi connectivity index (χ3n) is 5.91. The van der Waals surface area contributed by atoms with E-state index in [1.807, 2.05) is 0 Å². The first-order chi connectivity index (χ1) is 18.9. The third-order valence-corrected chi connectivity index (χ3v) is 5.91. The van der Waals surface area contributed by atoms with E-state index in [1.165, 1.54) is 48.6 Å². The van der Waals surface area contributed by atoms with E-state index >= 15 is 0 Å². The predicted molar refractivity (Wildman–Crippen MR) is 152 cm³/mol. The van der Waals surface area contributed by atoms with Crippen LogP contribution in [0.4, 0.5) is 11.4 Å². The molecule has 2 amide bonds. The first kappa shape index (κ1) is 25.0. The van der Waals surface area contributed by atoms with E-state index in [2.05, 4.69) is 10.6 Å². The molecule has 0 radical (unpaired) electrons. The van der Waals surface area contributed by atoms with Crippen molar-refractivity contribution < 1.29 is 24.2 Å². The minimum Gasteiger partial charge on any atom is -0.507 e. The standard InChI is InChI=1S/C31H22N2O6/c34-25-7-3-1-5-19(25)9-15-29(36)32-21-11-13-27-23(17-21)31(38)24-18-22(12-14-28(24)39-27)33-30(37)16-10-20-6-2-4-8-26(20)35/h1-18,34-35H,(H,32,36)(H,33,37)/b15-9+,16-10+. The second kappa shape index (κ2) is 10.8. The molecule has 39 heavy (non-hydrogen) atoms. The van der Waals surface area contributed by atoms with Gasteiger partial charge in [0.1, 0.15) is 22.7 Å². The molecule has 4 N–H and O–H groups in total. The van der Waals surface area contributed by atoms with E-state index in [0.29, 0.717) is 33.7 Å². The number of hydrogen-bond donors (Lipinski definition) is 4. The van der Waals surface area contributed by atoms with Crippen LogP contribution in [-0.2, 0) is 9.59 Å². The summed E-state index contributed by atoms with van der Waals surface area (Å²) in [5.41, 5.74) is 2.13. The molecule has 0 spiro atoms. The molecule has 0 saturated carbocycles. The van der Waals surface area contributed by atoms with Gasteiger partial charge in [-0.1, -0.05) is 36.4 Å². The largest absolute Gasteiger partial charge is 0.507 e. The van der Waals surface area contributed by atoms with E-state index < -0.39 is 11.8 Å². The van der Waals surface area contributed by atoms with Gasteiger partial charge in [-0.2, -0.15) is 0 Å². The Morgan fingerprint density at radius 1 is 0.641 bits per heavy atom. The van der Waals surface area contributed by atoms with Crippen molar-refractivity contribution in [3.8, 4) is 11.5 Å². The summed E-state index contributed by atoms with van der Waals surface area (Å²) < 4.78 is 5.88. The zero-order valence-electron chi connectivity index (χ0n) is 20.4. The van der Waals surface area contributed by atoms with Crippen molar-refractivity contribution in [2.75, 3.05) is 10.6 Å². The van der Waals surface area contributed by atoms with Crippen molar-refractivity contribution in [2.45, 2.75) is 0 Å². The smallest absolute Gasteiger partial charge is 0.248 e. The van der Waals surface area contributed by atoms with E-state index in [1.54, 1.807) is 60.7 Å². The monoisotopic (exact) mass is 518 g/mol. The molecule has 1 aromatic heterocycles. The SMILES string of the molecule is O=C(/C=C/c1ccccc1O)Nc1ccc2oc3ccc(NC(=O)/C=C/c4ccccc4O)cc3c(=O)c2c1. The lowest BCUT2D eigenvalue weighted by Gasteiger charge is -2.07. The van der Waals surface area contributed by atoms with Gasteiger partial charge in [0.15, 0.2) is 0 Å². The second-order valence-corrected chi connectivity index (χ2v) is 8.62. The van der Waals surface area contributed by atoms with Crippen LogP contribution in [0.1, 0.15) is 11.1 Å². The average Bonchev–Trinajstić information content (AvgIpc) is 2.93. The highest BCUT2D eigenvalue weighted by atomic mass is 16.3. The molecule has 4 aromatic carbocycles. The normalized spacial score (nSPS) is 11.4. The molecule has 0 atom stereocenters. The van der Waals surface area contributed by atoms with E-state index in [-0.39, 0.29) is 27.7 Å². The maximum atomic E-state index is 13.3. The number of para-hydroxylation sites is 2. The van der Waals surface area contributed by atoms with Gasteiger partial charge in [0, 0.05) is 34.7 Å². The number of fused-ring (bicyclic) bond motifs is 2. The number of hydrogen-bond acceptors (Lipinski definition) is 6. The van der Waals surface area contributed by atoms with Crippen molar-refractivity contribution in [2.24, 2.45) is 0 Å². The van der Waals surface area contributed by atoms with Gasteiger partial charge < -0.3 is 25.3 Å². The van der Waals surface area contributed by atoms with Gasteiger partial charge in [0.2, 0.25) is 17.2 Å². The number of nitrogens with one attached hydrogen (secondary N) is 2. The van der Waals surface area contributed by atoms with Crippen LogP contribution < -0.4 is 16.1 Å². The van der Waals surface area contributed by atoms with Gasteiger partial charge in [0.05, 0.1) is 10.8 Å². The van der Waals surface area contributed by atoms with Gasteiger partial charge in [0.25, 0.3) is 0 Å². The molecule has 0 bridgehead atoms. The fourth-order valence-corrected chi connectivity index (χ4v) is 3.97. The first-order valence-electron chi connectivity index (χ1n) is 11.9. The lowest BCUT2D eigenvalue weighted by atomic mass is 10.1. The fraction of sp³-hybridized carbons (Fsp3) is 0. The summed E-state index contributed by atoms with van der Waals surface area (Å²) in [5, 5.41) is 25.6. The molecule has 5 rings (SSSR count). The number of phenols is 2. The Morgan fingerprint density at radius 3 is 1.51 bits per heavy atom. The van der Waals surface area contributed by atoms with E-state index in [9.17, 15) is 24.6 Å². The minimum absolute atomic E-state index is 0.0545.